The fourth-order valence-electron chi connectivity index (χ4n) is 5.05. The highest BCUT2D eigenvalue weighted by Crippen LogP contribution is 2.43. The Morgan fingerprint density at radius 1 is 0.903 bits per heavy atom. The quantitative estimate of drug-likeness (QED) is 0.364. The first-order valence-electron chi connectivity index (χ1n) is 10.5. The molecule has 0 heterocycles. The summed E-state index contributed by atoms with van der Waals surface area (Å²) in [6.45, 7) is 0.397. The predicted molar refractivity (Wildman–Crippen MR) is 105 cm³/mol. The molecule has 3 atom stereocenters. The summed E-state index contributed by atoms with van der Waals surface area (Å²) in [6, 6.07) is 3.07. The molecule has 166 valence electrons. The molecule has 2 aromatic rings. The van der Waals surface area contributed by atoms with Crippen molar-refractivity contribution in [2.45, 2.75) is 51.1 Å². The van der Waals surface area contributed by atoms with Crippen molar-refractivity contribution in [3.8, 4) is 17.6 Å². The van der Waals surface area contributed by atoms with Crippen molar-refractivity contribution in [2.24, 2.45) is 17.8 Å². The van der Waals surface area contributed by atoms with Gasteiger partial charge >= 0.3 is 6.18 Å². The van der Waals surface area contributed by atoms with E-state index < -0.39 is 34.6 Å². The molecule has 0 bridgehead atoms. The van der Waals surface area contributed by atoms with Crippen LogP contribution in [0.1, 0.15) is 50.5 Å². The maximum atomic E-state index is 14.6. The highest BCUT2D eigenvalue weighted by molar-refractivity contribution is 5.86. The molecule has 4 rings (SSSR count). The fourth-order valence-corrected chi connectivity index (χ4v) is 5.05. The molecule has 3 unspecified atom stereocenters. The van der Waals surface area contributed by atoms with Crippen molar-refractivity contribution in [3.63, 3.8) is 0 Å². The lowest BCUT2D eigenvalue weighted by Gasteiger charge is -2.39. The van der Waals surface area contributed by atoms with Gasteiger partial charge in [0.2, 0.25) is 0 Å². The molecule has 2 aliphatic rings. The Bertz CT molecular complexity index is 1030. The zero-order valence-corrected chi connectivity index (χ0v) is 16.8. The van der Waals surface area contributed by atoms with E-state index >= 15 is 0 Å². The van der Waals surface area contributed by atoms with E-state index in [1.807, 2.05) is 0 Å². The Morgan fingerprint density at radius 3 is 2.39 bits per heavy atom. The van der Waals surface area contributed by atoms with Crippen LogP contribution in [0.4, 0.5) is 26.3 Å². The second kappa shape index (κ2) is 8.64. The molecule has 0 aromatic heterocycles. The number of benzene rings is 2. The van der Waals surface area contributed by atoms with Crippen LogP contribution < -0.4 is 4.74 Å². The average Bonchev–Trinajstić information content (AvgIpc) is 2.70. The summed E-state index contributed by atoms with van der Waals surface area (Å²) in [5.74, 6) is 0.473. The van der Waals surface area contributed by atoms with Gasteiger partial charge in [0.1, 0.15) is 17.4 Å². The van der Waals surface area contributed by atoms with Crippen molar-refractivity contribution in [1.29, 1.82) is 0 Å². The summed E-state index contributed by atoms with van der Waals surface area (Å²) in [5.41, 5.74) is -1.11. The lowest BCUT2D eigenvalue weighted by molar-refractivity contribution is -0.0696. The Morgan fingerprint density at radius 2 is 1.65 bits per heavy atom. The molecular formula is C24H22F6O. The Kier molecular flexibility index (Phi) is 6.09. The van der Waals surface area contributed by atoms with Crippen molar-refractivity contribution in [3.05, 3.63) is 41.2 Å². The van der Waals surface area contributed by atoms with Crippen molar-refractivity contribution >= 4 is 10.8 Å². The third-order valence-corrected chi connectivity index (χ3v) is 6.52. The second-order valence-corrected chi connectivity index (χ2v) is 8.59. The zero-order chi connectivity index (χ0) is 22.2. The van der Waals surface area contributed by atoms with E-state index in [9.17, 15) is 26.3 Å². The summed E-state index contributed by atoms with van der Waals surface area (Å²) in [7, 11) is 0. The van der Waals surface area contributed by atoms with Gasteiger partial charge in [0, 0.05) is 12.0 Å². The predicted octanol–water partition coefficient (Wildman–Crippen LogP) is 7.16. The van der Waals surface area contributed by atoms with Crippen LogP contribution in [0, 0.1) is 47.0 Å². The van der Waals surface area contributed by atoms with Gasteiger partial charge in [-0.25, -0.2) is 13.2 Å². The summed E-state index contributed by atoms with van der Waals surface area (Å²) in [6.07, 6.45) is 3.47. The van der Waals surface area contributed by atoms with E-state index in [-0.39, 0.29) is 11.1 Å². The largest absolute Gasteiger partial charge is 0.493 e. The van der Waals surface area contributed by atoms with Gasteiger partial charge in [-0.05, 0) is 54.5 Å². The monoisotopic (exact) mass is 440 g/mol. The number of hydrogen-bond acceptors (Lipinski definition) is 1. The van der Waals surface area contributed by atoms with Crippen molar-refractivity contribution < 1.29 is 31.1 Å². The number of hydrogen-bond donors (Lipinski definition) is 0. The third-order valence-electron chi connectivity index (χ3n) is 6.52. The molecule has 7 heteroatoms. The van der Waals surface area contributed by atoms with E-state index in [1.165, 1.54) is 44.1 Å². The van der Waals surface area contributed by atoms with Crippen molar-refractivity contribution in [1.82, 2.24) is 0 Å². The average molecular weight is 440 g/mol. The van der Waals surface area contributed by atoms with Gasteiger partial charge in [-0.1, -0.05) is 31.6 Å². The highest BCUT2D eigenvalue weighted by Gasteiger charge is 2.32. The standard InChI is InChI=1S/C24H22F6O/c25-20-11-17-10-18(31-13-14-5-6-15-3-1-2-4-16(15)9-14)12-21(26)22(17)23(27)19(20)7-8-24(28,29)30/h10-12,14-16H,1-6,9,13H2. The van der Waals surface area contributed by atoms with Crippen LogP contribution in [0.15, 0.2) is 18.2 Å². The van der Waals surface area contributed by atoms with E-state index in [0.29, 0.717) is 18.4 Å². The molecule has 0 spiro atoms. The van der Waals surface area contributed by atoms with Gasteiger partial charge < -0.3 is 4.74 Å². The van der Waals surface area contributed by atoms with Gasteiger partial charge in [0.05, 0.1) is 17.6 Å². The summed E-state index contributed by atoms with van der Waals surface area (Å²) in [4.78, 5) is 0. The van der Waals surface area contributed by atoms with Crippen LogP contribution in [0.25, 0.3) is 10.8 Å². The third kappa shape index (κ3) is 4.94. The molecule has 0 N–H and O–H groups in total. The molecule has 0 saturated heterocycles. The van der Waals surface area contributed by atoms with Crippen LogP contribution in [-0.2, 0) is 0 Å². The maximum Gasteiger partial charge on any atom is 0.458 e. The lowest BCUT2D eigenvalue weighted by atomic mass is 9.68. The van der Waals surface area contributed by atoms with Gasteiger partial charge in [-0.15, -0.1) is 0 Å². The molecular weight excluding hydrogens is 418 g/mol. The van der Waals surface area contributed by atoms with Crippen LogP contribution in [0.3, 0.4) is 0 Å². The Labute approximate surface area is 176 Å². The smallest absolute Gasteiger partial charge is 0.458 e. The number of rotatable bonds is 3. The molecule has 2 aliphatic carbocycles. The van der Waals surface area contributed by atoms with Gasteiger partial charge in [-0.3, -0.25) is 0 Å². The lowest BCUT2D eigenvalue weighted by Crippen LogP contribution is -2.30. The number of alkyl halides is 3. The van der Waals surface area contributed by atoms with Crippen molar-refractivity contribution in [2.75, 3.05) is 6.61 Å². The summed E-state index contributed by atoms with van der Waals surface area (Å²) >= 11 is 0. The minimum absolute atomic E-state index is 0.126. The minimum atomic E-state index is -4.92. The van der Waals surface area contributed by atoms with Crippen LogP contribution in [0.2, 0.25) is 0 Å². The molecule has 2 fully saturated rings. The number of halogens is 6. The van der Waals surface area contributed by atoms with E-state index in [4.69, 9.17) is 4.74 Å². The first-order valence-corrected chi connectivity index (χ1v) is 10.5. The molecule has 31 heavy (non-hydrogen) atoms. The van der Waals surface area contributed by atoms with Crippen LogP contribution in [0.5, 0.6) is 5.75 Å². The first kappa shape index (κ1) is 21.9. The molecule has 0 amide bonds. The molecule has 1 nitrogen and oxygen atoms in total. The first-order chi connectivity index (χ1) is 14.7. The molecule has 0 aliphatic heterocycles. The number of fused-ring (bicyclic) bond motifs is 2. The Hall–Kier alpha value is -2.36. The molecule has 2 saturated carbocycles. The molecule has 0 radical (unpaired) electrons. The van der Waals surface area contributed by atoms with E-state index in [2.05, 4.69) is 0 Å². The Balaban J connectivity index is 1.53. The van der Waals surface area contributed by atoms with Gasteiger partial charge in [0.15, 0.2) is 5.82 Å². The number of ether oxygens (including phenoxy) is 1. The summed E-state index contributed by atoms with van der Waals surface area (Å²) in [5, 5.41) is -0.735. The van der Waals surface area contributed by atoms with Crippen LogP contribution in [-0.4, -0.2) is 12.8 Å². The molecule has 2 aromatic carbocycles. The summed E-state index contributed by atoms with van der Waals surface area (Å²) < 4.78 is 85.9. The van der Waals surface area contributed by atoms with Crippen LogP contribution >= 0.6 is 0 Å². The second-order valence-electron chi connectivity index (χ2n) is 8.59. The fraction of sp³-hybridized carbons (Fsp3) is 0.500. The topological polar surface area (TPSA) is 9.23 Å². The van der Waals surface area contributed by atoms with E-state index in [1.54, 1.807) is 0 Å². The van der Waals surface area contributed by atoms with E-state index in [0.717, 1.165) is 36.8 Å². The highest BCUT2D eigenvalue weighted by atomic mass is 19.4. The maximum absolute atomic E-state index is 14.6. The van der Waals surface area contributed by atoms with Gasteiger partial charge in [0.25, 0.3) is 0 Å². The minimum Gasteiger partial charge on any atom is -0.493 e. The zero-order valence-electron chi connectivity index (χ0n) is 16.8. The van der Waals surface area contributed by atoms with Gasteiger partial charge in [-0.2, -0.15) is 13.2 Å². The SMILES string of the molecule is Fc1cc2cc(OCC3CCC4CCCCC4C3)cc(F)c2c(F)c1C#CC(F)(F)F. The normalized spacial score (nSPS) is 23.7.